The number of urea groups is 1. The van der Waals surface area contributed by atoms with Crippen molar-refractivity contribution in [1.82, 2.24) is 21.1 Å². The lowest BCUT2D eigenvalue weighted by molar-refractivity contribution is -0.136. The van der Waals surface area contributed by atoms with E-state index < -0.39 is 35.8 Å². The molecule has 2 aliphatic rings. The molecule has 1 saturated heterocycles. The Labute approximate surface area is 183 Å². The van der Waals surface area contributed by atoms with Crippen molar-refractivity contribution in [3.8, 4) is 0 Å². The Hall–Kier alpha value is -3.33. The number of nitrogens with one attached hydrogen (secondary N) is 3. The minimum atomic E-state index is -1.11. The Morgan fingerprint density at radius 1 is 1.06 bits per heavy atom. The van der Waals surface area contributed by atoms with E-state index in [1.165, 1.54) is 11.8 Å². The first-order chi connectivity index (χ1) is 14.9. The third kappa shape index (κ3) is 4.13. The summed E-state index contributed by atoms with van der Waals surface area (Å²) in [6.45, 7) is 1.51. The van der Waals surface area contributed by atoms with Crippen molar-refractivity contribution < 1.29 is 19.2 Å². The van der Waals surface area contributed by atoms with E-state index >= 15 is 0 Å². The van der Waals surface area contributed by atoms with Gasteiger partial charge in [-0.25, -0.2) is 4.79 Å². The Kier molecular flexibility index (Phi) is 5.69. The monoisotopic (exact) mass is 438 g/mol. The Morgan fingerprint density at radius 3 is 2.55 bits per heavy atom. The molecule has 1 unspecified atom stereocenters. The van der Waals surface area contributed by atoms with E-state index in [1.54, 1.807) is 0 Å². The largest absolute Gasteiger partial charge is 0.325 e. The molecule has 2 aromatic rings. The second-order valence-corrected chi connectivity index (χ2v) is 8.63. The van der Waals surface area contributed by atoms with Crippen molar-refractivity contribution in [3.63, 3.8) is 0 Å². The van der Waals surface area contributed by atoms with Crippen LogP contribution in [0.25, 0.3) is 0 Å². The van der Waals surface area contributed by atoms with Crippen LogP contribution in [0, 0.1) is 6.92 Å². The molecule has 1 fully saturated rings. The van der Waals surface area contributed by atoms with Gasteiger partial charge in [0.05, 0.1) is 5.75 Å². The van der Waals surface area contributed by atoms with Crippen molar-refractivity contribution >= 4 is 35.5 Å². The molecule has 1 atom stereocenters. The first-order valence-corrected chi connectivity index (χ1v) is 10.9. The minimum absolute atomic E-state index is 0.117. The Balaban J connectivity index is 1.30. The molecule has 31 heavy (non-hydrogen) atoms. The highest BCUT2D eigenvalue weighted by molar-refractivity contribution is 8.00. The van der Waals surface area contributed by atoms with Crippen LogP contribution >= 0.6 is 11.8 Å². The summed E-state index contributed by atoms with van der Waals surface area (Å²) in [7, 11) is 0. The average molecular weight is 439 g/mol. The highest BCUT2D eigenvalue weighted by atomic mass is 32.2. The van der Waals surface area contributed by atoms with Crippen LogP contribution in [-0.2, 0) is 26.3 Å². The van der Waals surface area contributed by atoms with Gasteiger partial charge in [0, 0.05) is 4.90 Å². The summed E-state index contributed by atoms with van der Waals surface area (Å²) in [6.07, 6.45) is 1.14. The van der Waals surface area contributed by atoms with Crippen molar-refractivity contribution in [2.24, 2.45) is 0 Å². The van der Waals surface area contributed by atoms with Crippen LogP contribution in [0.2, 0.25) is 0 Å². The van der Waals surface area contributed by atoms with Crippen LogP contribution < -0.4 is 16.2 Å². The smallest absolute Gasteiger partial charge is 0.319 e. The first-order valence-electron chi connectivity index (χ1n) is 9.89. The molecule has 2 aromatic carbocycles. The topological polar surface area (TPSA) is 108 Å². The fourth-order valence-electron chi connectivity index (χ4n) is 3.88. The highest BCUT2D eigenvalue weighted by Crippen LogP contribution is 2.41. The molecule has 4 rings (SSSR count). The zero-order valence-corrected chi connectivity index (χ0v) is 17.8. The average Bonchev–Trinajstić information content (AvgIpc) is 3.25. The maximum Gasteiger partial charge on any atom is 0.325 e. The molecule has 0 saturated carbocycles. The van der Waals surface area contributed by atoms with Crippen LogP contribution in [0.4, 0.5) is 4.79 Å². The van der Waals surface area contributed by atoms with Gasteiger partial charge in [0.25, 0.3) is 11.8 Å². The number of carbonyl (C=O) groups excluding carboxylic acids is 4. The molecule has 0 bridgehead atoms. The number of rotatable bonds is 5. The van der Waals surface area contributed by atoms with Crippen molar-refractivity contribution in [2.45, 2.75) is 30.2 Å². The zero-order valence-electron chi connectivity index (χ0n) is 16.9. The van der Waals surface area contributed by atoms with Gasteiger partial charge in [-0.3, -0.25) is 30.1 Å². The van der Waals surface area contributed by atoms with Gasteiger partial charge in [0.1, 0.15) is 12.1 Å². The van der Waals surface area contributed by atoms with E-state index in [-0.39, 0.29) is 5.75 Å². The minimum Gasteiger partial charge on any atom is -0.319 e. The third-order valence-corrected chi connectivity index (χ3v) is 6.47. The van der Waals surface area contributed by atoms with E-state index in [2.05, 4.69) is 16.2 Å². The lowest BCUT2D eigenvalue weighted by Gasteiger charge is -2.22. The van der Waals surface area contributed by atoms with Gasteiger partial charge in [-0.15, -0.1) is 11.8 Å². The molecule has 3 N–H and O–H groups in total. The molecule has 1 aliphatic carbocycles. The maximum atomic E-state index is 13.0. The number of hydrogen-bond donors (Lipinski definition) is 3. The van der Waals surface area contributed by atoms with Gasteiger partial charge < -0.3 is 5.32 Å². The molecule has 160 valence electrons. The summed E-state index contributed by atoms with van der Waals surface area (Å²) in [4.78, 5) is 51.5. The van der Waals surface area contributed by atoms with Gasteiger partial charge in [0.2, 0.25) is 5.91 Å². The molecule has 1 aliphatic heterocycles. The zero-order chi connectivity index (χ0) is 22.0. The van der Waals surface area contributed by atoms with Crippen molar-refractivity contribution in [2.75, 3.05) is 12.3 Å². The third-order valence-electron chi connectivity index (χ3n) is 5.46. The second kappa shape index (κ2) is 8.43. The Bertz CT molecular complexity index is 1060. The van der Waals surface area contributed by atoms with Gasteiger partial charge in [0.15, 0.2) is 0 Å². The molecule has 8 nitrogen and oxygen atoms in total. The fraction of sp³-hybridized carbons (Fsp3) is 0.273. The van der Waals surface area contributed by atoms with Gasteiger partial charge in [-0.2, -0.15) is 0 Å². The molecule has 0 radical (unpaired) electrons. The number of carbonyl (C=O) groups is 4. The molecule has 0 aromatic heterocycles. The predicted molar refractivity (Wildman–Crippen MR) is 115 cm³/mol. The molecular formula is C22H22N4O4S. The summed E-state index contributed by atoms with van der Waals surface area (Å²) in [5, 5.41) is 2.76. The summed E-state index contributed by atoms with van der Waals surface area (Å²) in [5.41, 5.74) is 6.39. The fourth-order valence-corrected chi connectivity index (χ4v) is 4.57. The molecule has 1 heterocycles. The van der Waals surface area contributed by atoms with E-state index in [9.17, 15) is 19.2 Å². The van der Waals surface area contributed by atoms with Crippen molar-refractivity contribution in [1.29, 1.82) is 0 Å². The summed E-state index contributed by atoms with van der Waals surface area (Å²) in [6, 6.07) is 14.6. The quantitative estimate of drug-likeness (QED) is 0.374. The van der Waals surface area contributed by atoms with Gasteiger partial charge >= 0.3 is 6.03 Å². The Morgan fingerprint density at radius 2 is 1.77 bits per heavy atom. The number of imide groups is 1. The standard InChI is InChI=1S/C22H22N4O4S/c1-14-6-8-16(9-7-14)31-13-19(28)25-24-18(27)12-26-20(29)22(23-21(26)30)11-10-15-4-2-3-5-17(15)22/h2-9H,10-13H2,1H3,(H,23,30)(H,24,27)(H,25,28). The normalized spacial score (nSPS) is 19.3. The van der Waals surface area contributed by atoms with Gasteiger partial charge in [-0.05, 0) is 43.0 Å². The number of fused-ring (bicyclic) bond motifs is 2. The van der Waals surface area contributed by atoms with Crippen LogP contribution in [0.15, 0.2) is 53.4 Å². The number of hydrazine groups is 1. The van der Waals surface area contributed by atoms with Crippen molar-refractivity contribution in [3.05, 3.63) is 65.2 Å². The number of hydrogen-bond acceptors (Lipinski definition) is 5. The lowest BCUT2D eigenvalue weighted by Crippen LogP contribution is -2.48. The van der Waals surface area contributed by atoms with Crippen LogP contribution in [0.1, 0.15) is 23.1 Å². The maximum absolute atomic E-state index is 13.0. The van der Waals surface area contributed by atoms with Gasteiger partial charge in [-0.1, -0.05) is 42.0 Å². The van der Waals surface area contributed by atoms with E-state index in [0.717, 1.165) is 26.5 Å². The predicted octanol–water partition coefficient (Wildman–Crippen LogP) is 1.63. The number of thioether (sulfide) groups is 1. The summed E-state index contributed by atoms with van der Waals surface area (Å²) >= 11 is 1.34. The van der Waals surface area contributed by atoms with E-state index in [0.29, 0.717) is 12.8 Å². The first kappa shape index (κ1) is 20.9. The number of amides is 5. The summed E-state index contributed by atoms with van der Waals surface area (Å²) in [5.74, 6) is -1.37. The second-order valence-electron chi connectivity index (χ2n) is 7.58. The molecule has 5 amide bonds. The number of benzene rings is 2. The molecular weight excluding hydrogens is 416 g/mol. The highest BCUT2D eigenvalue weighted by Gasteiger charge is 2.55. The van der Waals surface area contributed by atoms with E-state index in [1.807, 2.05) is 55.5 Å². The van der Waals surface area contributed by atoms with Crippen LogP contribution in [0.3, 0.4) is 0 Å². The number of aryl methyl sites for hydroxylation is 2. The lowest BCUT2D eigenvalue weighted by atomic mass is 9.92. The SMILES string of the molecule is Cc1ccc(SCC(=O)NNC(=O)CN2C(=O)NC3(CCc4ccccc43)C2=O)cc1. The molecule has 1 spiro atoms. The van der Waals surface area contributed by atoms with Crippen LogP contribution in [0.5, 0.6) is 0 Å². The molecule has 9 heteroatoms. The summed E-state index contributed by atoms with van der Waals surface area (Å²) < 4.78 is 0. The number of nitrogens with zero attached hydrogens (tertiary/aromatic N) is 1. The van der Waals surface area contributed by atoms with Crippen LogP contribution in [-0.4, -0.2) is 41.0 Å². The van der Waals surface area contributed by atoms with E-state index in [4.69, 9.17) is 0 Å².